The van der Waals surface area contributed by atoms with Gasteiger partial charge in [-0.15, -0.1) is 11.3 Å². The number of ether oxygens (including phenoxy) is 1. The van der Waals surface area contributed by atoms with Gasteiger partial charge in [0.2, 0.25) is 0 Å². The van der Waals surface area contributed by atoms with Gasteiger partial charge in [0.15, 0.2) is 0 Å². The second kappa shape index (κ2) is 7.75. The van der Waals surface area contributed by atoms with Gasteiger partial charge >= 0.3 is 5.97 Å². The Balaban J connectivity index is 1.61. The van der Waals surface area contributed by atoms with Crippen LogP contribution in [0.25, 0.3) is 10.6 Å². The molecule has 0 bridgehead atoms. The van der Waals surface area contributed by atoms with E-state index in [1.807, 2.05) is 17.5 Å². The van der Waals surface area contributed by atoms with Crippen molar-refractivity contribution >= 4 is 40.5 Å². The minimum Gasteiger partial charge on any atom is -0.460 e. The van der Waals surface area contributed by atoms with Crippen molar-refractivity contribution in [3.05, 3.63) is 69.4 Å². The Morgan fingerprint density at radius 3 is 2.67 bits per heavy atom. The standard InChI is InChI=1S/C17H12Cl2N2O2S/c18-14-4-1-5-15(19)13(14)9-23-16(22)7-12-10-24-17(21-12)11-3-2-6-20-8-11/h1-6,8,10H,7,9H2. The highest BCUT2D eigenvalue weighted by Gasteiger charge is 2.12. The van der Waals surface area contributed by atoms with Crippen LogP contribution in [-0.2, 0) is 22.6 Å². The highest BCUT2D eigenvalue weighted by Crippen LogP contribution is 2.25. The molecule has 2 aromatic heterocycles. The molecule has 0 aliphatic rings. The molecule has 0 aliphatic heterocycles. The minimum atomic E-state index is -0.381. The number of pyridine rings is 1. The Morgan fingerprint density at radius 2 is 1.96 bits per heavy atom. The fourth-order valence-electron chi connectivity index (χ4n) is 2.03. The normalized spacial score (nSPS) is 10.6. The molecule has 3 rings (SSSR count). The molecule has 122 valence electrons. The van der Waals surface area contributed by atoms with Gasteiger partial charge in [0.1, 0.15) is 11.6 Å². The fraction of sp³-hybridized carbons (Fsp3) is 0.118. The number of thiazole rings is 1. The third-order valence-corrected chi connectivity index (χ3v) is 4.87. The summed E-state index contributed by atoms with van der Waals surface area (Å²) in [5.41, 5.74) is 2.18. The van der Waals surface area contributed by atoms with Crippen molar-refractivity contribution in [1.82, 2.24) is 9.97 Å². The van der Waals surface area contributed by atoms with Crippen molar-refractivity contribution in [3.63, 3.8) is 0 Å². The molecule has 1 aromatic carbocycles. The highest BCUT2D eigenvalue weighted by atomic mass is 35.5. The van der Waals surface area contributed by atoms with Crippen LogP contribution < -0.4 is 0 Å². The second-order valence-corrected chi connectivity index (χ2v) is 6.60. The third-order valence-electron chi connectivity index (χ3n) is 3.22. The maximum atomic E-state index is 12.0. The van der Waals surface area contributed by atoms with Crippen LogP contribution >= 0.6 is 34.5 Å². The summed E-state index contributed by atoms with van der Waals surface area (Å²) in [6.45, 7) is 0.0386. The van der Waals surface area contributed by atoms with Crippen LogP contribution in [0, 0.1) is 0 Å². The molecule has 2 heterocycles. The Labute approximate surface area is 153 Å². The van der Waals surface area contributed by atoms with E-state index in [-0.39, 0.29) is 19.0 Å². The van der Waals surface area contributed by atoms with Gasteiger partial charge < -0.3 is 4.74 Å². The number of carbonyl (C=O) groups is 1. The molecule has 0 fully saturated rings. The first-order valence-electron chi connectivity index (χ1n) is 7.07. The lowest BCUT2D eigenvalue weighted by Crippen LogP contribution is -2.08. The molecule has 0 aliphatic carbocycles. The number of esters is 1. The van der Waals surface area contributed by atoms with Gasteiger partial charge in [0.05, 0.1) is 12.1 Å². The molecule has 0 radical (unpaired) electrons. The summed E-state index contributed by atoms with van der Waals surface area (Å²) in [4.78, 5) is 20.5. The third kappa shape index (κ3) is 4.12. The highest BCUT2D eigenvalue weighted by molar-refractivity contribution is 7.13. The largest absolute Gasteiger partial charge is 0.460 e. The SMILES string of the molecule is O=C(Cc1csc(-c2cccnc2)n1)OCc1c(Cl)cccc1Cl. The number of carbonyl (C=O) groups excluding carboxylic acids is 1. The van der Waals surface area contributed by atoms with E-state index in [1.54, 1.807) is 30.6 Å². The maximum Gasteiger partial charge on any atom is 0.312 e. The van der Waals surface area contributed by atoms with Gasteiger partial charge in [0.25, 0.3) is 0 Å². The summed E-state index contributed by atoms with van der Waals surface area (Å²) in [6, 6.07) is 8.92. The van der Waals surface area contributed by atoms with E-state index in [0.29, 0.717) is 21.3 Å². The molecule has 4 nitrogen and oxygen atoms in total. The van der Waals surface area contributed by atoms with E-state index in [1.165, 1.54) is 11.3 Å². The average molecular weight is 379 g/mol. The predicted octanol–water partition coefficient (Wildman–Crippen LogP) is 4.80. The van der Waals surface area contributed by atoms with Crippen LogP contribution in [0.2, 0.25) is 10.0 Å². The van der Waals surface area contributed by atoms with Gasteiger partial charge in [-0.25, -0.2) is 4.98 Å². The summed E-state index contributed by atoms with van der Waals surface area (Å²) < 4.78 is 5.25. The molecular formula is C17H12Cl2N2O2S. The van der Waals surface area contributed by atoms with Crippen LogP contribution in [0.4, 0.5) is 0 Å². The minimum absolute atomic E-state index is 0.0386. The van der Waals surface area contributed by atoms with Crippen molar-refractivity contribution in [1.29, 1.82) is 0 Å². The number of rotatable bonds is 5. The first kappa shape index (κ1) is 16.9. The average Bonchev–Trinajstić information content (AvgIpc) is 3.03. The van der Waals surface area contributed by atoms with Gasteiger partial charge in [0, 0.05) is 38.9 Å². The van der Waals surface area contributed by atoms with Crippen LogP contribution in [0.1, 0.15) is 11.3 Å². The van der Waals surface area contributed by atoms with Crippen LogP contribution in [0.3, 0.4) is 0 Å². The molecule has 3 aromatic rings. The van der Waals surface area contributed by atoms with Crippen molar-refractivity contribution < 1.29 is 9.53 Å². The van der Waals surface area contributed by atoms with E-state index in [0.717, 1.165) is 10.6 Å². The zero-order valence-corrected chi connectivity index (χ0v) is 14.7. The number of nitrogens with zero attached hydrogens (tertiary/aromatic N) is 2. The Kier molecular flexibility index (Phi) is 5.45. The van der Waals surface area contributed by atoms with E-state index in [9.17, 15) is 4.79 Å². The molecule has 0 amide bonds. The van der Waals surface area contributed by atoms with E-state index >= 15 is 0 Å². The van der Waals surface area contributed by atoms with Crippen molar-refractivity contribution in [2.24, 2.45) is 0 Å². The van der Waals surface area contributed by atoms with Gasteiger partial charge in [-0.3, -0.25) is 9.78 Å². The maximum absolute atomic E-state index is 12.0. The predicted molar refractivity (Wildman–Crippen MR) is 95.3 cm³/mol. The Bertz CT molecular complexity index is 833. The number of hydrogen-bond acceptors (Lipinski definition) is 5. The zero-order valence-electron chi connectivity index (χ0n) is 12.4. The molecule has 0 unspecified atom stereocenters. The topological polar surface area (TPSA) is 52.1 Å². The summed E-state index contributed by atoms with van der Waals surface area (Å²) >= 11 is 13.6. The molecular weight excluding hydrogens is 367 g/mol. The lowest BCUT2D eigenvalue weighted by atomic mass is 10.2. The number of hydrogen-bond donors (Lipinski definition) is 0. The van der Waals surface area contributed by atoms with Gasteiger partial charge in [-0.05, 0) is 24.3 Å². The second-order valence-electron chi connectivity index (χ2n) is 4.92. The molecule has 0 saturated carbocycles. The van der Waals surface area contributed by atoms with Crippen molar-refractivity contribution in [3.8, 4) is 10.6 Å². The van der Waals surface area contributed by atoms with Gasteiger partial charge in [-0.2, -0.15) is 0 Å². The van der Waals surface area contributed by atoms with Gasteiger partial charge in [-0.1, -0.05) is 29.3 Å². The first-order valence-corrected chi connectivity index (χ1v) is 8.70. The monoisotopic (exact) mass is 378 g/mol. The molecule has 0 spiro atoms. The Morgan fingerprint density at radius 1 is 1.17 bits per heavy atom. The molecule has 0 N–H and O–H groups in total. The lowest BCUT2D eigenvalue weighted by molar-refractivity contribution is -0.144. The number of halogens is 2. The molecule has 7 heteroatoms. The summed E-state index contributed by atoms with van der Waals surface area (Å²) in [7, 11) is 0. The van der Waals surface area contributed by atoms with Crippen molar-refractivity contribution in [2.45, 2.75) is 13.0 Å². The Hall–Kier alpha value is -1.95. The van der Waals surface area contributed by atoms with E-state index < -0.39 is 0 Å². The van der Waals surface area contributed by atoms with Crippen LogP contribution in [0.15, 0.2) is 48.1 Å². The fourth-order valence-corrected chi connectivity index (χ4v) is 3.35. The summed E-state index contributed by atoms with van der Waals surface area (Å²) in [5.74, 6) is -0.381. The quantitative estimate of drug-likeness (QED) is 0.598. The molecule has 0 atom stereocenters. The zero-order chi connectivity index (χ0) is 16.9. The number of aromatic nitrogens is 2. The summed E-state index contributed by atoms with van der Waals surface area (Å²) in [5, 5.41) is 3.61. The first-order chi connectivity index (χ1) is 11.6. The lowest BCUT2D eigenvalue weighted by Gasteiger charge is -2.07. The molecule has 24 heavy (non-hydrogen) atoms. The molecule has 0 saturated heterocycles. The van der Waals surface area contributed by atoms with E-state index in [2.05, 4.69) is 9.97 Å². The summed E-state index contributed by atoms with van der Waals surface area (Å²) in [6.07, 6.45) is 3.54. The van der Waals surface area contributed by atoms with E-state index in [4.69, 9.17) is 27.9 Å². The smallest absolute Gasteiger partial charge is 0.312 e. The van der Waals surface area contributed by atoms with Crippen LogP contribution in [-0.4, -0.2) is 15.9 Å². The van der Waals surface area contributed by atoms with Crippen LogP contribution in [0.5, 0.6) is 0 Å². The van der Waals surface area contributed by atoms with Crippen molar-refractivity contribution in [2.75, 3.05) is 0 Å². The number of benzene rings is 1.